The van der Waals surface area contributed by atoms with Crippen LogP contribution < -0.4 is 0 Å². The molecule has 0 fully saturated rings. The van der Waals surface area contributed by atoms with E-state index in [1.165, 1.54) is 141 Å². The maximum atomic E-state index is 12.9. The fourth-order valence-electron chi connectivity index (χ4n) is 7.40. The van der Waals surface area contributed by atoms with Gasteiger partial charge in [0.25, 0.3) is 0 Å². The Morgan fingerprint density at radius 1 is 0.517 bits per heavy atom. The molecule has 0 aliphatic heterocycles. The molecule has 0 N–H and O–H groups in total. The van der Waals surface area contributed by atoms with Crippen molar-refractivity contribution in [2.75, 3.05) is 38.7 Å². The topological polar surface area (TPSA) is 65.1 Å². The van der Waals surface area contributed by atoms with Crippen molar-refractivity contribution in [1.29, 1.82) is 0 Å². The van der Waals surface area contributed by atoms with Crippen molar-refractivity contribution in [1.82, 2.24) is 4.90 Å². The van der Waals surface area contributed by atoms with Crippen molar-refractivity contribution in [2.45, 2.75) is 271 Å². The second kappa shape index (κ2) is 40.4. The minimum absolute atomic E-state index is 0.0163. The van der Waals surface area contributed by atoms with Gasteiger partial charge < -0.3 is 18.8 Å². The van der Waals surface area contributed by atoms with Gasteiger partial charge in [0.1, 0.15) is 6.10 Å². The Morgan fingerprint density at radius 2 is 0.931 bits per heavy atom. The monoisotopic (exact) mass is 858 g/mol. The van der Waals surface area contributed by atoms with Crippen molar-refractivity contribution >= 4 is 31.9 Å². The molecular weight excluding hydrogens is 758 g/mol. The summed E-state index contributed by atoms with van der Waals surface area (Å²) in [4.78, 5) is 27.6. The van der Waals surface area contributed by atoms with Crippen LogP contribution in [0.5, 0.6) is 0 Å². The van der Waals surface area contributed by atoms with Crippen LogP contribution in [0.25, 0.3) is 0 Å². The molecule has 0 saturated heterocycles. The molecule has 8 heteroatoms. The van der Waals surface area contributed by atoms with Gasteiger partial charge in [-0.2, -0.15) is 0 Å². The molecule has 1 atom stereocenters. The summed E-state index contributed by atoms with van der Waals surface area (Å²) in [5.74, 6) is 0.772. The Bertz CT molecular complexity index is 913. The molecule has 0 spiro atoms. The van der Waals surface area contributed by atoms with Crippen molar-refractivity contribution < 1.29 is 23.5 Å². The van der Waals surface area contributed by atoms with E-state index in [1.807, 2.05) is 0 Å². The zero-order valence-electron chi connectivity index (χ0n) is 40.0. The maximum absolute atomic E-state index is 12.9. The first-order valence-electron chi connectivity index (χ1n) is 25.2. The normalized spacial score (nSPS) is 12.7. The summed E-state index contributed by atoms with van der Waals surface area (Å²) in [5.41, 5.74) is 0. The molecule has 0 saturated carbocycles. The molecule has 0 rings (SSSR count). The lowest BCUT2D eigenvalue weighted by molar-refractivity contribution is -0.150. The van der Waals surface area contributed by atoms with Gasteiger partial charge in [0.15, 0.2) is 8.32 Å². The summed E-state index contributed by atoms with van der Waals surface area (Å²) in [6.07, 6.45) is 38.1. The van der Waals surface area contributed by atoms with Gasteiger partial charge >= 0.3 is 11.9 Å². The molecule has 6 nitrogen and oxygen atoms in total. The number of unbranched alkanes of at least 4 members (excludes halogenated alkanes) is 24. The molecule has 0 aromatic heterocycles. The average molecular weight is 859 g/mol. The van der Waals surface area contributed by atoms with E-state index in [1.54, 1.807) is 0 Å². The first kappa shape index (κ1) is 57.4. The third-order valence-corrected chi connectivity index (χ3v) is 17.3. The number of nitrogens with zero attached hydrogens (tertiary/aromatic N) is 1. The number of hydrogen-bond acceptors (Lipinski definition) is 6. The van der Waals surface area contributed by atoms with E-state index in [9.17, 15) is 9.59 Å². The maximum Gasteiger partial charge on any atom is 0.306 e. The standard InChI is InChI=1S/C50H100ClNO5Si/c1-8-10-12-14-18-28-36-45-55-48(53)39-31-23-19-26-34-42-52(44-46-56-58(6,7)50(3,4)5)43-35-27-20-24-32-40-49(54)57-47(37-29-21-15-13-11-9-2)38-30-22-16-17-25-33-41-51/h47H,8-46H2,1-7H3. The van der Waals surface area contributed by atoms with Crippen molar-refractivity contribution in [2.24, 2.45) is 0 Å². The van der Waals surface area contributed by atoms with Crippen molar-refractivity contribution in [3.05, 3.63) is 0 Å². The van der Waals surface area contributed by atoms with Gasteiger partial charge in [0, 0.05) is 31.9 Å². The second-order valence-corrected chi connectivity index (χ2v) is 24.3. The Kier molecular flexibility index (Phi) is 40.0. The van der Waals surface area contributed by atoms with E-state index in [-0.39, 0.29) is 23.1 Å². The Balaban J connectivity index is 4.48. The van der Waals surface area contributed by atoms with Crippen LogP contribution in [0.2, 0.25) is 18.1 Å². The Labute approximate surface area is 368 Å². The largest absolute Gasteiger partial charge is 0.466 e. The molecule has 0 aliphatic carbocycles. The molecule has 0 aromatic carbocycles. The lowest BCUT2D eigenvalue weighted by Gasteiger charge is -2.37. The number of carbonyl (C=O) groups is 2. The van der Waals surface area contributed by atoms with Gasteiger partial charge in [-0.1, -0.05) is 169 Å². The smallest absolute Gasteiger partial charge is 0.306 e. The van der Waals surface area contributed by atoms with E-state index >= 15 is 0 Å². The van der Waals surface area contributed by atoms with Gasteiger partial charge in [0.05, 0.1) is 6.61 Å². The van der Waals surface area contributed by atoms with Crippen LogP contribution in [0.4, 0.5) is 0 Å². The van der Waals surface area contributed by atoms with E-state index in [2.05, 4.69) is 52.6 Å². The molecule has 0 radical (unpaired) electrons. The predicted octanol–water partition coefficient (Wildman–Crippen LogP) is 15.9. The minimum Gasteiger partial charge on any atom is -0.466 e. The molecule has 0 aliphatic rings. The van der Waals surface area contributed by atoms with Crippen LogP contribution in [-0.4, -0.2) is 70.0 Å². The fraction of sp³-hybridized carbons (Fsp3) is 0.960. The van der Waals surface area contributed by atoms with Crippen LogP contribution >= 0.6 is 11.6 Å². The molecule has 0 heterocycles. The van der Waals surface area contributed by atoms with Crippen LogP contribution in [0, 0.1) is 0 Å². The van der Waals surface area contributed by atoms with Gasteiger partial charge in [-0.15, -0.1) is 11.6 Å². The SMILES string of the molecule is CCCCCCCCCOC(=O)CCCCCCCN(CCCCCCCC(=O)OC(CCCCCCCC)CCCCCCCCCl)CCO[Si](C)(C)C(C)(C)C. The number of rotatable bonds is 44. The first-order valence-corrected chi connectivity index (χ1v) is 28.7. The first-order chi connectivity index (χ1) is 28.0. The summed E-state index contributed by atoms with van der Waals surface area (Å²) >= 11 is 5.83. The number of halogens is 1. The molecular formula is C50H100ClNO5Si. The van der Waals surface area contributed by atoms with E-state index in [0.717, 1.165) is 89.9 Å². The lowest BCUT2D eigenvalue weighted by atomic mass is 10.0. The van der Waals surface area contributed by atoms with Gasteiger partial charge in [0.2, 0.25) is 0 Å². The highest BCUT2D eigenvalue weighted by Crippen LogP contribution is 2.36. The van der Waals surface area contributed by atoms with E-state index in [4.69, 9.17) is 25.5 Å². The Hall–Kier alpha value is -0.633. The number of ether oxygens (including phenoxy) is 2. The van der Waals surface area contributed by atoms with E-state index in [0.29, 0.717) is 19.4 Å². The van der Waals surface area contributed by atoms with Crippen LogP contribution in [0.3, 0.4) is 0 Å². The zero-order chi connectivity index (χ0) is 43.0. The number of alkyl halides is 1. The molecule has 0 amide bonds. The highest BCUT2D eigenvalue weighted by atomic mass is 35.5. The van der Waals surface area contributed by atoms with Crippen LogP contribution in [0.15, 0.2) is 0 Å². The Morgan fingerprint density at radius 3 is 1.41 bits per heavy atom. The minimum atomic E-state index is -1.76. The zero-order valence-corrected chi connectivity index (χ0v) is 41.8. The summed E-state index contributed by atoms with van der Waals surface area (Å²) in [6.45, 7) is 20.8. The third-order valence-electron chi connectivity index (χ3n) is 12.5. The van der Waals surface area contributed by atoms with Gasteiger partial charge in [-0.25, -0.2) is 0 Å². The molecule has 346 valence electrons. The van der Waals surface area contributed by atoms with Crippen LogP contribution in [0.1, 0.15) is 247 Å². The van der Waals surface area contributed by atoms with Crippen molar-refractivity contribution in [3.8, 4) is 0 Å². The fourth-order valence-corrected chi connectivity index (χ4v) is 8.63. The molecule has 0 aromatic rings. The number of hydrogen-bond donors (Lipinski definition) is 0. The lowest BCUT2D eigenvalue weighted by Crippen LogP contribution is -2.43. The number of esters is 2. The predicted molar refractivity (Wildman–Crippen MR) is 255 cm³/mol. The van der Waals surface area contributed by atoms with Crippen molar-refractivity contribution in [3.63, 3.8) is 0 Å². The third kappa shape index (κ3) is 37.2. The summed E-state index contributed by atoms with van der Waals surface area (Å²) in [5, 5.41) is 0.226. The second-order valence-electron chi connectivity index (χ2n) is 19.1. The molecule has 58 heavy (non-hydrogen) atoms. The highest BCUT2D eigenvalue weighted by molar-refractivity contribution is 6.74. The quantitative estimate of drug-likeness (QED) is 0.0263. The van der Waals surface area contributed by atoms with Gasteiger partial charge in [-0.05, 0) is 95.4 Å². The number of carbonyl (C=O) groups excluding carboxylic acids is 2. The molecule has 0 bridgehead atoms. The van der Waals surface area contributed by atoms with E-state index < -0.39 is 8.32 Å². The average Bonchev–Trinajstić information content (AvgIpc) is 3.18. The summed E-state index contributed by atoms with van der Waals surface area (Å²) in [7, 11) is -1.76. The summed E-state index contributed by atoms with van der Waals surface area (Å²) < 4.78 is 18.1. The highest BCUT2D eigenvalue weighted by Gasteiger charge is 2.37. The van der Waals surface area contributed by atoms with Crippen LogP contribution in [-0.2, 0) is 23.5 Å². The van der Waals surface area contributed by atoms with Gasteiger partial charge in [-0.3, -0.25) is 9.59 Å². The summed E-state index contributed by atoms with van der Waals surface area (Å²) in [6, 6.07) is 0. The molecule has 1 unspecified atom stereocenters.